The Bertz CT molecular complexity index is 162. The first kappa shape index (κ1) is 15.4. The van der Waals surface area contributed by atoms with E-state index in [9.17, 15) is 5.11 Å². The van der Waals surface area contributed by atoms with Gasteiger partial charge in [0.05, 0.1) is 6.10 Å². The van der Waals surface area contributed by atoms with Crippen LogP contribution in [0.1, 0.15) is 65.2 Å². The summed E-state index contributed by atoms with van der Waals surface area (Å²) < 4.78 is 0. The van der Waals surface area contributed by atoms with Crippen molar-refractivity contribution in [2.75, 3.05) is 0 Å². The molecule has 0 aliphatic carbocycles. The van der Waals surface area contributed by atoms with Crippen molar-refractivity contribution >= 4 is 0 Å². The summed E-state index contributed by atoms with van der Waals surface area (Å²) in [5, 5.41) is 9.69. The Kier molecular flexibility index (Phi) is 12.1. The van der Waals surface area contributed by atoms with Gasteiger partial charge >= 0.3 is 0 Å². The summed E-state index contributed by atoms with van der Waals surface area (Å²) >= 11 is 0. The van der Waals surface area contributed by atoms with Crippen LogP contribution in [0.2, 0.25) is 0 Å². The molecule has 0 amide bonds. The molecular formula is C15H28O. The van der Waals surface area contributed by atoms with Crippen LogP contribution in [0, 0.1) is 0 Å². The Labute approximate surface area is 101 Å². The van der Waals surface area contributed by atoms with Gasteiger partial charge in [-0.3, -0.25) is 0 Å². The first-order valence-corrected chi connectivity index (χ1v) is 6.79. The Morgan fingerprint density at radius 1 is 0.750 bits per heavy atom. The topological polar surface area (TPSA) is 20.2 Å². The summed E-state index contributed by atoms with van der Waals surface area (Å²) in [5.74, 6) is 0. The lowest BCUT2D eigenvalue weighted by atomic mass is 10.1. The first-order valence-electron chi connectivity index (χ1n) is 6.79. The molecule has 0 atom stereocenters. The van der Waals surface area contributed by atoms with Crippen LogP contribution in [0.15, 0.2) is 24.3 Å². The molecule has 0 aromatic carbocycles. The second-order valence-corrected chi connectivity index (χ2v) is 4.33. The third-order valence-corrected chi connectivity index (χ3v) is 2.58. The largest absolute Gasteiger partial charge is 0.393 e. The van der Waals surface area contributed by atoms with Crippen LogP contribution < -0.4 is 0 Å². The van der Waals surface area contributed by atoms with Gasteiger partial charge in [-0.05, 0) is 38.5 Å². The van der Waals surface area contributed by atoms with Gasteiger partial charge in [-0.1, -0.05) is 51.0 Å². The highest BCUT2D eigenvalue weighted by molar-refractivity contribution is 4.84. The van der Waals surface area contributed by atoms with Gasteiger partial charge in [0.25, 0.3) is 0 Å². The third kappa shape index (κ3) is 11.5. The van der Waals surface area contributed by atoms with Crippen molar-refractivity contribution < 1.29 is 5.11 Å². The summed E-state index contributed by atoms with van der Waals surface area (Å²) in [6.45, 7) is 4.36. The number of hydrogen-bond donors (Lipinski definition) is 1. The highest BCUT2D eigenvalue weighted by Crippen LogP contribution is 2.07. The van der Waals surface area contributed by atoms with Crippen molar-refractivity contribution in [3.05, 3.63) is 24.3 Å². The quantitative estimate of drug-likeness (QED) is 0.537. The average molecular weight is 224 g/mol. The molecule has 16 heavy (non-hydrogen) atoms. The molecule has 0 aromatic rings. The molecule has 0 saturated heterocycles. The number of allylic oxidation sites excluding steroid dienone is 4. The summed E-state index contributed by atoms with van der Waals surface area (Å²) in [6, 6.07) is 0. The molecule has 1 heteroatoms. The van der Waals surface area contributed by atoms with Crippen LogP contribution in [0.4, 0.5) is 0 Å². The predicted octanol–water partition coefficient (Wildman–Crippen LogP) is 4.62. The molecule has 0 spiro atoms. The minimum atomic E-state index is -0.127. The van der Waals surface area contributed by atoms with E-state index < -0.39 is 0 Å². The molecule has 0 aromatic heterocycles. The van der Waals surface area contributed by atoms with Gasteiger partial charge in [0, 0.05) is 0 Å². The van der Waals surface area contributed by atoms with E-state index in [2.05, 4.69) is 38.2 Å². The van der Waals surface area contributed by atoms with Crippen molar-refractivity contribution in [1.29, 1.82) is 0 Å². The second-order valence-electron chi connectivity index (χ2n) is 4.33. The fraction of sp³-hybridized carbons (Fsp3) is 0.733. The molecule has 94 valence electrons. The minimum absolute atomic E-state index is 0.127. The summed E-state index contributed by atoms with van der Waals surface area (Å²) in [4.78, 5) is 0. The Hall–Kier alpha value is -0.560. The summed E-state index contributed by atoms with van der Waals surface area (Å²) in [6.07, 6.45) is 17.3. The molecule has 0 heterocycles. The van der Waals surface area contributed by atoms with E-state index in [1.54, 1.807) is 0 Å². The van der Waals surface area contributed by atoms with Crippen molar-refractivity contribution in [2.24, 2.45) is 0 Å². The molecule has 0 aliphatic heterocycles. The van der Waals surface area contributed by atoms with Gasteiger partial charge in [0.1, 0.15) is 0 Å². The third-order valence-electron chi connectivity index (χ3n) is 2.58. The lowest BCUT2D eigenvalue weighted by molar-refractivity contribution is 0.157. The Morgan fingerprint density at radius 2 is 1.12 bits per heavy atom. The molecule has 0 unspecified atom stereocenters. The molecule has 0 fully saturated rings. The van der Waals surface area contributed by atoms with Crippen LogP contribution in [0.25, 0.3) is 0 Å². The summed E-state index contributed by atoms with van der Waals surface area (Å²) in [5.41, 5.74) is 0. The highest BCUT2D eigenvalue weighted by Gasteiger charge is 2.00. The lowest BCUT2D eigenvalue weighted by Gasteiger charge is -2.06. The van der Waals surface area contributed by atoms with Gasteiger partial charge < -0.3 is 5.11 Å². The molecule has 0 rings (SSSR count). The number of hydrogen-bond acceptors (Lipinski definition) is 1. The number of aliphatic hydroxyl groups excluding tert-OH is 1. The fourth-order valence-electron chi connectivity index (χ4n) is 1.53. The molecule has 1 N–H and O–H groups in total. The molecule has 1 nitrogen and oxygen atoms in total. The number of aliphatic hydroxyl groups is 1. The fourth-order valence-corrected chi connectivity index (χ4v) is 1.53. The molecule has 0 saturated carbocycles. The zero-order valence-corrected chi connectivity index (χ0v) is 11.0. The minimum Gasteiger partial charge on any atom is -0.393 e. The SMILES string of the molecule is CCC/C=C\CCC(O)CC/C=C\CCC. The van der Waals surface area contributed by atoms with Crippen LogP contribution >= 0.6 is 0 Å². The molecular weight excluding hydrogens is 196 g/mol. The van der Waals surface area contributed by atoms with Crippen molar-refractivity contribution in [2.45, 2.75) is 71.3 Å². The molecule has 0 bridgehead atoms. The van der Waals surface area contributed by atoms with Crippen LogP contribution in [0.5, 0.6) is 0 Å². The van der Waals surface area contributed by atoms with Crippen LogP contribution in [0.3, 0.4) is 0 Å². The summed E-state index contributed by atoms with van der Waals surface area (Å²) in [7, 11) is 0. The number of unbranched alkanes of at least 4 members (excludes halogenated alkanes) is 2. The second kappa shape index (κ2) is 12.5. The van der Waals surface area contributed by atoms with Gasteiger partial charge in [-0.15, -0.1) is 0 Å². The Morgan fingerprint density at radius 3 is 1.50 bits per heavy atom. The van der Waals surface area contributed by atoms with Gasteiger partial charge in [0.2, 0.25) is 0 Å². The highest BCUT2D eigenvalue weighted by atomic mass is 16.3. The van der Waals surface area contributed by atoms with Crippen LogP contribution in [-0.2, 0) is 0 Å². The predicted molar refractivity (Wildman–Crippen MR) is 72.6 cm³/mol. The van der Waals surface area contributed by atoms with E-state index in [1.165, 1.54) is 12.8 Å². The lowest BCUT2D eigenvalue weighted by Crippen LogP contribution is -2.04. The van der Waals surface area contributed by atoms with E-state index in [4.69, 9.17) is 0 Å². The standard InChI is InChI=1S/C15H28O/c1-3-5-7-9-11-13-15(16)14-12-10-8-6-4-2/h7-10,15-16H,3-6,11-14H2,1-2H3/b9-7-,10-8-. The maximum atomic E-state index is 9.69. The smallest absolute Gasteiger partial charge is 0.0546 e. The van der Waals surface area contributed by atoms with E-state index in [-0.39, 0.29) is 6.10 Å². The monoisotopic (exact) mass is 224 g/mol. The van der Waals surface area contributed by atoms with Crippen molar-refractivity contribution in [3.63, 3.8) is 0 Å². The molecule has 0 aliphatic rings. The van der Waals surface area contributed by atoms with E-state index in [1.807, 2.05) is 0 Å². The molecule has 0 radical (unpaired) electrons. The van der Waals surface area contributed by atoms with Gasteiger partial charge in [-0.25, -0.2) is 0 Å². The van der Waals surface area contributed by atoms with E-state index in [0.717, 1.165) is 38.5 Å². The number of rotatable bonds is 10. The van der Waals surface area contributed by atoms with Crippen molar-refractivity contribution in [1.82, 2.24) is 0 Å². The first-order chi connectivity index (χ1) is 7.81. The zero-order chi connectivity index (χ0) is 12.1. The van der Waals surface area contributed by atoms with E-state index in [0.29, 0.717) is 0 Å². The zero-order valence-electron chi connectivity index (χ0n) is 11.0. The van der Waals surface area contributed by atoms with Crippen LogP contribution in [-0.4, -0.2) is 11.2 Å². The Balaban J connectivity index is 3.33. The van der Waals surface area contributed by atoms with Gasteiger partial charge in [-0.2, -0.15) is 0 Å². The maximum Gasteiger partial charge on any atom is 0.0546 e. The van der Waals surface area contributed by atoms with E-state index >= 15 is 0 Å². The van der Waals surface area contributed by atoms with Crippen molar-refractivity contribution in [3.8, 4) is 0 Å². The normalized spacial score (nSPS) is 12.2. The maximum absolute atomic E-state index is 9.69. The van der Waals surface area contributed by atoms with Gasteiger partial charge in [0.15, 0.2) is 0 Å². The average Bonchev–Trinajstić information content (AvgIpc) is 2.28.